The van der Waals surface area contributed by atoms with Crippen LogP contribution in [0.2, 0.25) is 0 Å². The van der Waals surface area contributed by atoms with Gasteiger partial charge in [0.1, 0.15) is 4.88 Å². The van der Waals surface area contributed by atoms with E-state index >= 15 is 0 Å². The van der Waals surface area contributed by atoms with Gasteiger partial charge in [0.2, 0.25) is 5.91 Å². The first-order chi connectivity index (χ1) is 10.6. The number of piperidine rings is 1. The highest BCUT2D eigenvalue weighted by atomic mass is 35.5. The minimum absolute atomic E-state index is 0. The smallest absolute Gasteiger partial charge is 0.265 e. The fourth-order valence-electron chi connectivity index (χ4n) is 3.27. The van der Waals surface area contributed by atoms with E-state index in [0.29, 0.717) is 13.1 Å². The highest BCUT2D eigenvalue weighted by Crippen LogP contribution is 2.23. The van der Waals surface area contributed by atoms with Crippen LogP contribution in [0.4, 0.5) is 0 Å². The molecule has 24 heavy (non-hydrogen) atoms. The molecule has 0 saturated carbocycles. The van der Waals surface area contributed by atoms with Crippen LogP contribution in [0.25, 0.3) is 0 Å². The number of thiazole rings is 1. The zero-order valence-corrected chi connectivity index (χ0v) is 16.4. The molecule has 1 atom stereocenters. The maximum Gasteiger partial charge on any atom is 0.265 e. The minimum Gasteiger partial charge on any atom is -0.336 e. The van der Waals surface area contributed by atoms with Gasteiger partial charge in [-0.25, -0.2) is 4.98 Å². The number of halogens is 2. The quantitative estimate of drug-likeness (QED) is 0.827. The summed E-state index contributed by atoms with van der Waals surface area (Å²) in [6.07, 6.45) is 1.93. The number of carbonyl (C=O) groups is 2. The van der Waals surface area contributed by atoms with E-state index in [-0.39, 0.29) is 42.7 Å². The molecule has 0 radical (unpaired) electrons. The molecule has 2 aliphatic heterocycles. The zero-order valence-electron chi connectivity index (χ0n) is 13.9. The van der Waals surface area contributed by atoms with Crippen molar-refractivity contribution in [3.8, 4) is 0 Å². The van der Waals surface area contributed by atoms with Gasteiger partial charge in [0.05, 0.1) is 17.2 Å². The van der Waals surface area contributed by atoms with Gasteiger partial charge in [0, 0.05) is 32.2 Å². The predicted octanol–water partition coefficient (Wildman–Crippen LogP) is 1.64. The van der Waals surface area contributed by atoms with Crippen LogP contribution in [0, 0.1) is 13.8 Å². The highest BCUT2D eigenvalue weighted by molar-refractivity contribution is 7.13. The molecule has 6 nitrogen and oxygen atoms in total. The van der Waals surface area contributed by atoms with Crippen LogP contribution in [0.1, 0.15) is 33.2 Å². The standard InChI is InChI=1S/C15H22N4O2S.2ClH/c1-10-14(22-11(2)17-10)15(21)18-6-3-4-12(9-18)19-7-5-16-8-13(19)20;;/h12,16H,3-9H2,1-2H3;2*1H. The van der Waals surface area contributed by atoms with E-state index in [4.69, 9.17) is 0 Å². The van der Waals surface area contributed by atoms with Crippen molar-refractivity contribution in [2.24, 2.45) is 0 Å². The molecule has 3 heterocycles. The Bertz CT molecular complexity index is 596. The van der Waals surface area contributed by atoms with Crippen molar-refractivity contribution in [1.82, 2.24) is 20.1 Å². The summed E-state index contributed by atoms with van der Waals surface area (Å²) < 4.78 is 0. The van der Waals surface area contributed by atoms with E-state index in [1.54, 1.807) is 0 Å². The first-order valence-corrected chi connectivity index (χ1v) is 8.61. The summed E-state index contributed by atoms with van der Waals surface area (Å²) in [7, 11) is 0. The molecule has 2 saturated heterocycles. The molecule has 2 amide bonds. The first-order valence-electron chi connectivity index (χ1n) is 7.79. The lowest BCUT2D eigenvalue weighted by Gasteiger charge is -2.41. The Balaban J connectivity index is 0.00000144. The molecule has 9 heteroatoms. The summed E-state index contributed by atoms with van der Waals surface area (Å²) in [5, 5.41) is 4.02. The van der Waals surface area contributed by atoms with Crippen molar-refractivity contribution in [3.63, 3.8) is 0 Å². The number of aryl methyl sites for hydroxylation is 2. The zero-order chi connectivity index (χ0) is 15.7. The number of hydrogen-bond acceptors (Lipinski definition) is 5. The second-order valence-corrected chi connectivity index (χ2v) is 7.16. The summed E-state index contributed by atoms with van der Waals surface area (Å²) in [5.41, 5.74) is 0.813. The van der Waals surface area contributed by atoms with E-state index in [1.807, 2.05) is 23.6 Å². The van der Waals surface area contributed by atoms with Crippen LogP contribution >= 0.6 is 36.2 Å². The van der Waals surface area contributed by atoms with Gasteiger partial charge in [-0.2, -0.15) is 0 Å². The highest BCUT2D eigenvalue weighted by Gasteiger charge is 2.32. The Labute approximate surface area is 158 Å². The number of hydrogen-bond donors (Lipinski definition) is 1. The van der Waals surface area contributed by atoms with Crippen molar-refractivity contribution < 1.29 is 9.59 Å². The number of aromatic nitrogens is 1. The third-order valence-electron chi connectivity index (χ3n) is 4.35. The monoisotopic (exact) mass is 394 g/mol. The number of rotatable bonds is 2. The van der Waals surface area contributed by atoms with Gasteiger partial charge in [-0.1, -0.05) is 0 Å². The van der Waals surface area contributed by atoms with Gasteiger partial charge in [0.25, 0.3) is 5.91 Å². The molecule has 1 aromatic heterocycles. The van der Waals surface area contributed by atoms with Gasteiger partial charge >= 0.3 is 0 Å². The van der Waals surface area contributed by atoms with Crippen molar-refractivity contribution in [1.29, 1.82) is 0 Å². The summed E-state index contributed by atoms with van der Waals surface area (Å²) in [6, 6.07) is 0.154. The first kappa shape index (κ1) is 21.2. The van der Waals surface area contributed by atoms with Gasteiger partial charge in [-0.05, 0) is 26.7 Å². The number of amides is 2. The van der Waals surface area contributed by atoms with Crippen molar-refractivity contribution in [2.75, 3.05) is 32.7 Å². The summed E-state index contributed by atoms with van der Waals surface area (Å²) in [4.78, 5) is 33.7. The molecule has 0 aromatic carbocycles. The van der Waals surface area contributed by atoms with E-state index < -0.39 is 0 Å². The van der Waals surface area contributed by atoms with E-state index in [1.165, 1.54) is 11.3 Å². The number of likely N-dealkylation sites (tertiary alicyclic amines) is 1. The average molecular weight is 395 g/mol. The molecule has 2 aliphatic rings. The van der Waals surface area contributed by atoms with Gasteiger partial charge in [-0.15, -0.1) is 36.2 Å². The molecular weight excluding hydrogens is 371 g/mol. The van der Waals surface area contributed by atoms with Crippen LogP contribution in [0.5, 0.6) is 0 Å². The lowest BCUT2D eigenvalue weighted by molar-refractivity contribution is -0.135. The van der Waals surface area contributed by atoms with E-state index in [9.17, 15) is 9.59 Å². The minimum atomic E-state index is 0. The Hall–Kier alpha value is -0.890. The van der Waals surface area contributed by atoms with Crippen LogP contribution in [-0.4, -0.2) is 65.4 Å². The molecule has 1 unspecified atom stereocenters. The molecule has 1 aromatic rings. The predicted molar refractivity (Wildman–Crippen MR) is 99.6 cm³/mol. The van der Waals surface area contributed by atoms with Crippen LogP contribution in [-0.2, 0) is 4.79 Å². The van der Waals surface area contributed by atoms with E-state index in [2.05, 4.69) is 10.3 Å². The summed E-state index contributed by atoms with van der Waals surface area (Å²) >= 11 is 1.46. The maximum absolute atomic E-state index is 12.7. The molecule has 2 fully saturated rings. The fraction of sp³-hybridized carbons (Fsp3) is 0.667. The van der Waals surface area contributed by atoms with Gasteiger partial charge < -0.3 is 15.1 Å². The van der Waals surface area contributed by atoms with Gasteiger partial charge in [0.15, 0.2) is 0 Å². The lowest BCUT2D eigenvalue weighted by Crippen LogP contribution is -2.57. The molecule has 0 aliphatic carbocycles. The van der Waals surface area contributed by atoms with Crippen LogP contribution < -0.4 is 5.32 Å². The summed E-state index contributed by atoms with van der Waals surface area (Å²) in [5.74, 6) is 0.214. The largest absolute Gasteiger partial charge is 0.336 e. The van der Waals surface area contributed by atoms with Crippen LogP contribution in [0.3, 0.4) is 0 Å². The third-order valence-corrected chi connectivity index (χ3v) is 5.41. The Morgan fingerprint density at radius 3 is 2.67 bits per heavy atom. The number of piperazine rings is 1. The molecule has 1 N–H and O–H groups in total. The lowest BCUT2D eigenvalue weighted by atomic mass is 10.0. The third kappa shape index (κ3) is 4.39. The average Bonchev–Trinajstić information content (AvgIpc) is 2.86. The maximum atomic E-state index is 12.7. The normalized spacial score (nSPS) is 21.1. The SMILES string of the molecule is Cc1nc(C)c(C(=O)N2CCCC(N3CCNCC3=O)C2)s1.Cl.Cl. The topological polar surface area (TPSA) is 65.5 Å². The fourth-order valence-corrected chi connectivity index (χ4v) is 4.16. The van der Waals surface area contributed by atoms with Crippen molar-refractivity contribution in [2.45, 2.75) is 32.7 Å². The van der Waals surface area contributed by atoms with Crippen molar-refractivity contribution >= 4 is 48.0 Å². The molecule has 0 bridgehead atoms. The summed E-state index contributed by atoms with van der Waals surface area (Å²) in [6.45, 7) is 7.21. The number of nitrogens with zero attached hydrogens (tertiary/aromatic N) is 3. The molecule has 136 valence electrons. The van der Waals surface area contributed by atoms with Crippen LogP contribution in [0.15, 0.2) is 0 Å². The second-order valence-electron chi connectivity index (χ2n) is 5.96. The Morgan fingerprint density at radius 1 is 1.29 bits per heavy atom. The molecule has 0 spiro atoms. The Kier molecular flexibility index (Phi) is 7.92. The molecule has 3 rings (SSSR count). The Morgan fingerprint density at radius 2 is 2.04 bits per heavy atom. The van der Waals surface area contributed by atoms with Gasteiger partial charge in [-0.3, -0.25) is 9.59 Å². The van der Waals surface area contributed by atoms with E-state index in [0.717, 1.165) is 48.1 Å². The number of carbonyl (C=O) groups excluding carboxylic acids is 2. The number of nitrogens with one attached hydrogen (secondary N) is 1. The second kappa shape index (κ2) is 8.99. The molecular formula is C15H24Cl2N4O2S. The van der Waals surface area contributed by atoms with Crippen molar-refractivity contribution in [3.05, 3.63) is 15.6 Å².